The van der Waals surface area contributed by atoms with Gasteiger partial charge in [0, 0.05) is 32.9 Å². The van der Waals surface area contributed by atoms with E-state index in [4.69, 9.17) is 10.5 Å². The Balaban J connectivity index is 2.04. The molecule has 1 amide bonds. The lowest BCUT2D eigenvalue weighted by molar-refractivity contribution is 0.0719. The molecule has 0 aromatic carbocycles. The number of pyridine rings is 1. The van der Waals surface area contributed by atoms with Gasteiger partial charge in [-0.2, -0.15) is 0 Å². The average molecular weight is 235 g/mol. The number of nitrogens with two attached hydrogens (primary N) is 1. The van der Waals surface area contributed by atoms with E-state index in [0.29, 0.717) is 18.8 Å². The number of carbonyl (C=O) groups is 1. The van der Waals surface area contributed by atoms with Crippen molar-refractivity contribution >= 4 is 5.91 Å². The van der Waals surface area contributed by atoms with Crippen molar-refractivity contribution < 1.29 is 9.53 Å². The van der Waals surface area contributed by atoms with Crippen LogP contribution in [0.1, 0.15) is 22.5 Å². The fourth-order valence-electron chi connectivity index (χ4n) is 1.94. The molecule has 2 rings (SSSR count). The van der Waals surface area contributed by atoms with Gasteiger partial charge in [-0.3, -0.25) is 9.78 Å². The summed E-state index contributed by atoms with van der Waals surface area (Å²) in [5, 5.41) is 0. The lowest BCUT2D eigenvalue weighted by Crippen LogP contribution is -2.30. The second-order valence-corrected chi connectivity index (χ2v) is 4.15. The number of aromatic nitrogens is 1. The van der Waals surface area contributed by atoms with Gasteiger partial charge in [0.15, 0.2) is 0 Å². The minimum absolute atomic E-state index is 0.0341. The third kappa shape index (κ3) is 2.62. The van der Waals surface area contributed by atoms with E-state index < -0.39 is 0 Å². The number of nitrogens with zero attached hydrogens (tertiary/aromatic N) is 2. The molecule has 1 aromatic rings. The molecule has 2 heterocycles. The Morgan fingerprint density at radius 3 is 3.00 bits per heavy atom. The first-order chi connectivity index (χ1) is 8.24. The maximum atomic E-state index is 12.1. The highest BCUT2D eigenvalue weighted by Crippen LogP contribution is 2.14. The zero-order valence-electron chi connectivity index (χ0n) is 9.93. The Kier molecular flexibility index (Phi) is 3.71. The first-order valence-electron chi connectivity index (χ1n) is 5.71. The van der Waals surface area contributed by atoms with Crippen LogP contribution in [0.2, 0.25) is 0 Å². The minimum atomic E-state index is -0.0341. The van der Waals surface area contributed by atoms with E-state index in [1.54, 1.807) is 24.3 Å². The van der Waals surface area contributed by atoms with Crippen LogP contribution < -0.4 is 5.73 Å². The summed E-state index contributed by atoms with van der Waals surface area (Å²) in [6.07, 6.45) is 2.70. The Morgan fingerprint density at radius 1 is 1.65 bits per heavy atom. The zero-order chi connectivity index (χ0) is 12.3. The number of methoxy groups -OCH3 is 1. The number of carbonyl (C=O) groups excluding carboxylic acids is 1. The number of hydrogen-bond donors (Lipinski definition) is 1. The molecule has 2 N–H and O–H groups in total. The summed E-state index contributed by atoms with van der Waals surface area (Å²) in [5.41, 5.74) is 6.88. The summed E-state index contributed by atoms with van der Waals surface area (Å²) >= 11 is 0. The molecule has 5 nitrogen and oxygen atoms in total. The third-order valence-corrected chi connectivity index (χ3v) is 3.05. The Hall–Kier alpha value is -1.46. The van der Waals surface area contributed by atoms with Crippen molar-refractivity contribution in [3.8, 4) is 0 Å². The van der Waals surface area contributed by atoms with Crippen LogP contribution in [0.25, 0.3) is 0 Å². The average Bonchev–Trinajstić information content (AvgIpc) is 2.87. The van der Waals surface area contributed by atoms with Crippen molar-refractivity contribution in [1.29, 1.82) is 0 Å². The van der Waals surface area contributed by atoms with Gasteiger partial charge in [0.05, 0.1) is 6.10 Å². The van der Waals surface area contributed by atoms with E-state index in [0.717, 1.165) is 18.5 Å². The Morgan fingerprint density at radius 2 is 2.47 bits per heavy atom. The molecule has 1 saturated heterocycles. The summed E-state index contributed by atoms with van der Waals surface area (Å²) in [6.45, 7) is 1.82. The van der Waals surface area contributed by atoms with Crippen LogP contribution in [0.15, 0.2) is 18.3 Å². The number of amides is 1. The molecule has 0 saturated carbocycles. The van der Waals surface area contributed by atoms with E-state index in [1.807, 2.05) is 6.07 Å². The van der Waals surface area contributed by atoms with Gasteiger partial charge < -0.3 is 15.4 Å². The van der Waals surface area contributed by atoms with Crippen molar-refractivity contribution in [2.75, 3.05) is 20.2 Å². The van der Waals surface area contributed by atoms with Crippen LogP contribution in [0.3, 0.4) is 0 Å². The first-order valence-corrected chi connectivity index (χ1v) is 5.71. The van der Waals surface area contributed by atoms with Crippen LogP contribution in [-0.4, -0.2) is 42.1 Å². The highest BCUT2D eigenvalue weighted by atomic mass is 16.5. The normalized spacial score (nSPS) is 19.6. The van der Waals surface area contributed by atoms with Gasteiger partial charge in [-0.15, -0.1) is 0 Å². The maximum absolute atomic E-state index is 12.1. The quantitative estimate of drug-likeness (QED) is 0.823. The molecule has 92 valence electrons. The fourth-order valence-corrected chi connectivity index (χ4v) is 1.94. The predicted octanol–water partition coefficient (Wildman–Crippen LogP) is 0.401. The number of ether oxygens (including phenoxy) is 1. The highest BCUT2D eigenvalue weighted by molar-refractivity contribution is 5.92. The molecule has 1 atom stereocenters. The van der Waals surface area contributed by atoms with Crippen molar-refractivity contribution in [1.82, 2.24) is 9.88 Å². The minimum Gasteiger partial charge on any atom is -0.380 e. The van der Waals surface area contributed by atoms with E-state index in [9.17, 15) is 4.79 Å². The lowest BCUT2D eigenvalue weighted by atomic mass is 10.2. The molecule has 0 aliphatic carbocycles. The summed E-state index contributed by atoms with van der Waals surface area (Å²) in [6, 6.07) is 3.56. The smallest absolute Gasteiger partial charge is 0.272 e. The van der Waals surface area contributed by atoms with Gasteiger partial charge in [-0.25, -0.2) is 0 Å². The third-order valence-electron chi connectivity index (χ3n) is 3.05. The van der Waals surface area contributed by atoms with Crippen molar-refractivity contribution in [3.63, 3.8) is 0 Å². The number of likely N-dealkylation sites (tertiary alicyclic amines) is 1. The van der Waals surface area contributed by atoms with Crippen LogP contribution in [0.4, 0.5) is 0 Å². The van der Waals surface area contributed by atoms with Gasteiger partial charge in [-0.05, 0) is 18.1 Å². The zero-order valence-corrected chi connectivity index (χ0v) is 9.93. The van der Waals surface area contributed by atoms with E-state index in [1.165, 1.54) is 0 Å². The fraction of sp³-hybridized carbons (Fsp3) is 0.500. The van der Waals surface area contributed by atoms with Gasteiger partial charge >= 0.3 is 0 Å². The van der Waals surface area contributed by atoms with Gasteiger partial charge in [-0.1, -0.05) is 6.07 Å². The molecule has 1 aliphatic rings. The highest BCUT2D eigenvalue weighted by Gasteiger charge is 2.27. The summed E-state index contributed by atoms with van der Waals surface area (Å²) in [5.74, 6) is -0.0341. The summed E-state index contributed by atoms with van der Waals surface area (Å²) in [4.78, 5) is 18.0. The first kappa shape index (κ1) is 12.0. The van der Waals surface area contributed by atoms with Crippen molar-refractivity contribution in [2.45, 2.75) is 19.1 Å². The lowest BCUT2D eigenvalue weighted by Gasteiger charge is -2.15. The molecule has 5 heteroatoms. The molecule has 1 unspecified atom stereocenters. The molecular formula is C12H17N3O2. The Labute approximate surface area is 101 Å². The molecule has 1 aliphatic heterocycles. The summed E-state index contributed by atoms with van der Waals surface area (Å²) < 4.78 is 5.23. The SMILES string of the molecule is COC1CCN(C(=O)c2ccc(CN)cn2)C1. The predicted molar refractivity (Wildman–Crippen MR) is 63.4 cm³/mol. The molecule has 0 bridgehead atoms. The standard InChI is InChI=1S/C12H17N3O2/c1-17-10-4-5-15(8-10)12(16)11-3-2-9(6-13)7-14-11/h2-3,7,10H,4-6,8,13H2,1H3. The molecule has 1 aromatic heterocycles. The largest absolute Gasteiger partial charge is 0.380 e. The molecule has 0 spiro atoms. The van der Waals surface area contributed by atoms with Gasteiger partial charge in [0.25, 0.3) is 5.91 Å². The maximum Gasteiger partial charge on any atom is 0.272 e. The summed E-state index contributed by atoms with van der Waals surface area (Å²) in [7, 11) is 1.67. The topological polar surface area (TPSA) is 68.5 Å². The molecule has 17 heavy (non-hydrogen) atoms. The van der Waals surface area contributed by atoms with Crippen LogP contribution in [0.5, 0.6) is 0 Å². The second kappa shape index (κ2) is 5.25. The van der Waals surface area contributed by atoms with E-state index in [2.05, 4.69) is 4.98 Å². The van der Waals surface area contributed by atoms with E-state index >= 15 is 0 Å². The molecule has 1 fully saturated rings. The van der Waals surface area contributed by atoms with Gasteiger partial charge in [0.1, 0.15) is 5.69 Å². The van der Waals surface area contributed by atoms with Gasteiger partial charge in [0.2, 0.25) is 0 Å². The molecular weight excluding hydrogens is 218 g/mol. The van der Waals surface area contributed by atoms with Crippen LogP contribution in [-0.2, 0) is 11.3 Å². The Bertz CT molecular complexity index is 391. The number of hydrogen-bond acceptors (Lipinski definition) is 4. The molecule has 0 radical (unpaired) electrons. The van der Waals surface area contributed by atoms with E-state index in [-0.39, 0.29) is 12.0 Å². The monoisotopic (exact) mass is 235 g/mol. The van der Waals surface area contributed by atoms with Crippen molar-refractivity contribution in [2.24, 2.45) is 5.73 Å². The van der Waals surface area contributed by atoms with Crippen molar-refractivity contribution in [3.05, 3.63) is 29.6 Å². The van der Waals surface area contributed by atoms with Crippen LogP contribution in [0, 0.1) is 0 Å². The number of rotatable bonds is 3. The van der Waals surface area contributed by atoms with Crippen LogP contribution >= 0.6 is 0 Å². The second-order valence-electron chi connectivity index (χ2n) is 4.15.